The van der Waals surface area contributed by atoms with E-state index < -0.39 is 0 Å². The molecule has 0 aliphatic heterocycles. The Bertz CT molecular complexity index is 542. The third-order valence-corrected chi connectivity index (χ3v) is 2.16. The van der Waals surface area contributed by atoms with Gasteiger partial charge in [-0.25, -0.2) is 9.97 Å². The molecular weight excluding hydrogens is 200 g/mol. The Balaban J connectivity index is 2.32. The largest absolute Gasteiger partial charge is 0.381 e. The van der Waals surface area contributed by atoms with E-state index in [4.69, 9.17) is 12.2 Å². The molecule has 0 amide bonds. The maximum Gasteiger partial charge on any atom is 0.169 e. The second-order valence-corrected chi connectivity index (χ2v) is 3.33. The van der Waals surface area contributed by atoms with Crippen molar-refractivity contribution < 1.29 is 0 Å². The monoisotopic (exact) mass is 212 g/mol. The van der Waals surface area contributed by atoms with Crippen LogP contribution in [0.4, 0.5) is 11.6 Å². The second-order valence-electron chi connectivity index (χ2n) is 3.33. The normalized spacial score (nSPS) is 9.94. The summed E-state index contributed by atoms with van der Waals surface area (Å²) in [5.74, 6) is 3.53. The Morgan fingerprint density at radius 1 is 1.25 bits per heavy atom. The molecule has 1 heterocycles. The summed E-state index contributed by atoms with van der Waals surface area (Å²) in [5, 5.41) is 3.06. The highest BCUT2D eigenvalue weighted by Crippen LogP contribution is 2.17. The van der Waals surface area contributed by atoms with Gasteiger partial charge in [0.05, 0.1) is 11.0 Å². The zero-order chi connectivity index (χ0) is 11.4. The van der Waals surface area contributed by atoms with Gasteiger partial charge in [-0.05, 0) is 12.1 Å². The Hall–Kier alpha value is -2.28. The van der Waals surface area contributed by atoms with Crippen molar-refractivity contribution in [1.82, 2.24) is 9.97 Å². The van der Waals surface area contributed by atoms with Gasteiger partial charge in [0.1, 0.15) is 0 Å². The first-order valence-corrected chi connectivity index (χ1v) is 5.01. The maximum absolute atomic E-state index is 5.78. The highest BCUT2D eigenvalue weighted by atomic mass is 15.1. The van der Waals surface area contributed by atoms with E-state index in [2.05, 4.69) is 21.2 Å². The minimum Gasteiger partial charge on any atom is -0.381 e. The SMILES string of the molecule is C#CCCNc1nc2ccccc2nc1N. The van der Waals surface area contributed by atoms with Crippen LogP contribution in [0.3, 0.4) is 0 Å². The smallest absolute Gasteiger partial charge is 0.169 e. The summed E-state index contributed by atoms with van der Waals surface area (Å²) in [6.07, 6.45) is 5.80. The zero-order valence-electron chi connectivity index (χ0n) is 8.77. The molecule has 0 spiro atoms. The first kappa shape index (κ1) is 10.2. The average Bonchev–Trinajstić information content (AvgIpc) is 2.30. The molecule has 1 aromatic carbocycles. The van der Waals surface area contributed by atoms with Crippen molar-refractivity contribution in [3.63, 3.8) is 0 Å². The standard InChI is InChI=1S/C12H12N4/c1-2-3-8-14-12-11(13)15-9-6-4-5-7-10(9)16-12/h1,4-7H,3,8H2,(H2,13,15)(H,14,16). The van der Waals surface area contributed by atoms with Crippen LogP contribution >= 0.6 is 0 Å². The summed E-state index contributed by atoms with van der Waals surface area (Å²) in [6.45, 7) is 0.647. The lowest BCUT2D eigenvalue weighted by atomic mass is 10.3. The number of rotatable bonds is 3. The molecule has 80 valence electrons. The highest BCUT2D eigenvalue weighted by molar-refractivity contribution is 5.79. The topological polar surface area (TPSA) is 63.8 Å². The van der Waals surface area contributed by atoms with Crippen LogP contribution < -0.4 is 11.1 Å². The number of nitrogen functional groups attached to an aromatic ring is 1. The average molecular weight is 212 g/mol. The quantitative estimate of drug-likeness (QED) is 0.599. The van der Waals surface area contributed by atoms with Gasteiger partial charge < -0.3 is 11.1 Å². The predicted molar refractivity (Wildman–Crippen MR) is 65.9 cm³/mol. The first-order valence-electron chi connectivity index (χ1n) is 5.01. The van der Waals surface area contributed by atoms with Gasteiger partial charge in [-0.1, -0.05) is 12.1 Å². The Kier molecular flexibility index (Phi) is 2.88. The highest BCUT2D eigenvalue weighted by Gasteiger charge is 2.03. The molecule has 0 unspecified atom stereocenters. The van der Waals surface area contributed by atoms with Crippen LogP contribution in [0.5, 0.6) is 0 Å². The summed E-state index contributed by atoms with van der Waals surface area (Å²) in [7, 11) is 0. The van der Waals surface area contributed by atoms with Crippen LogP contribution in [0, 0.1) is 12.3 Å². The minimum absolute atomic E-state index is 0.399. The van der Waals surface area contributed by atoms with E-state index >= 15 is 0 Å². The molecule has 0 aliphatic carbocycles. The van der Waals surface area contributed by atoms with Crippen molar-refractivity contribution in [3.8, 4) is 12.3 Å². The van der Waals surface area contributed by atoms with Crippen LogP contribution in [-0.2, 0) is 0 Å². The molecule has 0 radical (unpaired) electrons. The van der Waals surface area contributed by atoms with Gasteiger partial charge in [0.15, 0.2) is 11.6 Å². The van der Waals surface area contributed by atoms with Gasteiger partial charge in [-0.3, -0.25) is 0 Å². The van der Waals surface area contributed by atoms with Crippen molar-refractivity contribution in [2.24, 2.45) is 0 Å². The summed E-state index contributed by atoms with van der Waals surface area (Å²) < 4.78 is 0. The number of fused-ring (bicyclic) bond motifs is 1. The molecule has 3 N–H and O–H groups in total. The fourth-order valence-corrected chi connectivity index (χ4v) is 1.40. The summed E-state index contributed by atoms with van der Waals surface area (Å²) >= 11 is 0. The van der Waals surface area contributed by atoms with Gasteiger partial charge in [0.25, 0.3) is 0 Å². The molecule has 4 nitrogen and oxygen atoms in total. The molecule has 4 heteroatoms. The van der Waals surface area contributed by atoms with Gasteiger partial charge in [-0.2, -0.15) is 0 Å². The number of terminal acetylenes is 1. The van der Waals surface area contributed by atoms with Crippen LogP contribution in [0.25, 0.3) is 11.0 Å². The molecule has 16 heavy (non-hydrogen) atoms. The molecule has 0 atom stereocenters. The fraction of sp³-hybridized carbons (Fsp3) is 0.167. The predicted octanol–water partition coefficient (Wildman–Crippen LogP) is 1.65. The number of nitrogens with zero attached hydrogens (tertiary/aromatic N) is 2. The van der Waals surface area contributed by atoms with Gasteiger partial charge in [0.2, 0.25) is 0 Å². The first-order chi connectivity index (χ1) is 7.81. The van der Waals surface area contributed by atoms with Crippen LogP contribution in [0.1, 0.15) is 6.42 Å². The van der Waals surface area contributed by atoms with E-state index in [1.807, 2.05) is 24.3 Å². The lowest BCUT2D eigenvalue weighted by Gasteiger charge is -2.07. The van der Waals surface area contributed by atoms with E-state index in [1.54, 1.807) is 0 Å². The summed E-state index contributed by atoms with van der Waals surface area (Å²) in [6, 6.07) is 7.60. The lowest BCUT2D eigenvalue weighted by Crippen LogP contribution is -2.07. The number of aromatic nitrogens is 2. The molecule has 0 aliphatic rings. The van der Waals surface area contributed by atoms with Crippen LogP contribution in [0.15, 0.2) is 24.3 Å². The summed E-state index contributed by atoms with van der Waals surface area (Å²) in [4.78, 5) is 8.63. The summed E-state index contributed by atoms with van der Waals surface area (Å²) in [5.41, 5.74) is 7.39. The zero-order valence-corrected chi connectivity index (χ0v) is 8.77. The van der Waals surface area contributed by atoms with Crippen molar-refractivity contribution in [3.05, 3.63) is 24.3 Å². The van der Waals surface area contributed by atoms with E-state index in [0.717, 1.165) is 11.0 Å². The molecule has 0 saturated carbocycles. The number of benzene rings is 1. The van der Waals surface area contributed by atoms with Crippen molar-refractivity contribution in [1.29, 1.82) is 0 Å². The van der Waals surface area contributed by atoms with E-state index in [1.165, 1.54) is 0 Å². The number of para-hydroxylation sites is 2. The Morgan fingerprint density at radius 3 is 2.62 bits per heavy atom. The number of nitrogens with one attached hydrogen (secondary N) is 1. The van der Waals surface area contributed by atoms with Crippen molar-refractivity contribution in [2.75, 3.05) is 17.6 Å². The van der Waals surface area contributed by atoms with E-state index in [9.17, 15) is 0 Å². The Morgan fingerprint density at radius 2 is 1.94 bits per heavy atom. The van der Waals surface area contributed by atoms with Gasteiger partial charge in [-0.15, -0.1) is 12.3 Å². The molecule has 0 fully saturated rings. The molecule has 0 saturated heterocycles. The molecule has 2 rings (SSSR count). The number of anilines is 2. The van der Waals surface area contributed by atoms with Crippen LogP contribution in [0.2, 0.25) is 0 Å². The lowest BCUT2D eigenvalue weighted by molar-refractivity contribution is 1.07. The van der Waals surface area contributed by atoms with Crippen molar-refractivity contribution >= 4 is 22.7 Å². The maximum atomic E-state index is 5.78. The third-order valence-electron chi connectivity index (χ3n) is 2.16. The molecule has 2 aromatic rings. The molecule has 0 bridgehead atoms. The minimum atomic E-state index is 0.399. The van der Waals surface area contributed by atoms with E-state index in [-0.39, 0.29) is 0 Å². The number of hydrogen-bond donors (Lipinski definition) is 2. The third kappa shape index (κ3) is 2.04. The fourth-order valence-electron chi connectivity index (χ4n) is 1.40. The Labute approximate surface area is 93.9 Å². The van der Waals surface area contributed by atoms with E-state index in [0.29, 0.717) is 24.6 Å². The molecule has 1 aromatic heterocycles. The number of hydrogen-bond acceptors (Lipinski definition) is 4. The van der Waals surface area contributed by atoms with Crippen LogP contribution in [-0.4, -0.2) is 16.5 Å². The number of nitrogens with two attached hydrogens (primary N) is 1. The van der Waals surface area contributed by atoms with Gasteiger partial charge >= 0.3 is 0 Å². The van der Waals surface area contributed by atoms with Crippen molar-refractivity contribution in [2.45, 2.75) is 6.42 Å². The second kappa shape index (κ2) is 4.49. The van der Waals surface area contributed by atoms with Gasteiger partial charge in [0, 0.05) is 13.0 Å². The molecular formula is C12H12N4.